The fraction of sp³-hybridized carbons (Fsp3) is 0.375. The molecule has 3 heterocycles. The van der Waals surface area contributed by atoms with Crippen LogP contribution >= 0.6 is 46.3 Å². The van der Waals surface area contributed by atoms with Gasteiger partial charge in [-0.15, -0.1) is 46.3 Å². The molecule has 1 aromatic rings. The maximum atomic E-state index is 12.4. The predicted molar refractivity (Wildman–Crippen MR) is 114 cm³/mol. The number of rotatable bonds is 9. The van der Waals surface area contributed by atoms with Crippen LogP contribution in [0.3, 0.4) is 0 Å². The van der Waals surface area contributed by atoms with E-state index in [0.717, 1.165) is 11.1 Å². The fourth-order valence-corrected chi connectivity index (χ4v) is 5.13. The van der Waals surface area contributed by atoms with Crippen molar-refractivity contribution in [2.75, 3.05) is 17.5 Å². The molecule has 11 nitrogen and oxygen atoms in total. The van der Waals surface area contributed by atoms with Crippen LogP contribution in [-0.2, 0) is 24.0 Å². The Labute approximate surface area is 193 Å². The fourth-order valence-electron chi connectivity index (χ4n) is 2.81. The van der Waals surface area contributed by atoms with E-state index in [-0.39, 0.29) is 17.5 Å². The third-order valence-corrected chi connectivity index (χ3v) is 6.69. The SMILES string of the molecule is O=C(C=NOC(NC(=O)CCl)c1cscn1)N[C@@H]1C(=O)N2C(C(=O)O)=C(CCl)CS[C@@H]12. The first kappa shape index (κ1) is 23.3. The zero-order valence-corrected chi connectivity index (χ0v) is 18.6. The van der Waals surface area contributed by atoms with Crippen LogP contribution in [0.25, 0.3) is 0 Å². The van der Waals surface area contributed by atoms with E-state index in [1.165, 1.54) is 28.6 Å². The third kappa shape index (κ3) is 5.11. The molecular formula is C16H15Cl2N5O6S2. The molecule has 0 saturated carbocycles. The molecule has 0 aromatic carbocycles. The lowest BCUT2D eigenvalue weighted by Gasteiger charge is -2.49. The number of carboxylic acid groups (broad SMARTS) is 1. The van der Waals surface area contributed by atoms with Gasteiger partial charge in [0.25, 0.3) is 11.8 Å². The van der Waals surface area contributed by atoms with Crippen LogP contribution in [0, 0.1) is 0 Å². The zero-order valence-electron chi connectivity index (χ0n) is 15.5. The normalized spacial score (nSPS) is 21.4. The summed E-state index contributed by atoms with van der Waals surface area (Å²) >= 11 is 13.8. The standard InChI is InChI=1S/C16H15Cl2N5O6S2/c17-1-7-4-31-15-11(14(26)23(15)12(7)16(27)28)21-10(25)3-20-29-13(22-9(24)2-18)8-5-30-6-19-8/h3,5-6,11,13,15H,1-2,4H2,(H,21,25)(H,22,24)(H,27,28)/t11-,13?,15+/m1/s1. The average Bonchev–Trinajstić information content (AvgIpc) is 3.30. The number of hydrogen-bond donors (Lipinski definition) is 3. The molecule has 3 amide bonds. The number of oxime groups is 1. The molecule has 0 aliphatic carbocycles. The number of halogens is 2. The average molecular weight is 508 g/mol. The van der Waals surface area contributed by atoms with Crippen molar-refractivity contribution >= 4 is 76.2 Å². The molecule has 0 radical (unpaired) electrons. The summed E-state index contributed by atoms with van der Waals surface area (Å²) in [7, 11) is 0. The highest BCUT2D eigenvalue weighted by Crippen LogP contribution is 2.40. The Morgan fingerprint density at radius 1 is 1.45 bits per heavy atom. The first-order valence-corrected chi connectivity index (χ1v) is 11.6. The van der Waals surface area contributed by atoms with Gasteiger partial charge in [-0.3, -0.25) is 19.3 Å². The predicted octanol–water partition coefficient (Wildman–Crippen LogP) is 0.477. The van der Waals surface area contributed by atoms with Crippen LogP contribution in [0.15, 0.2) is 27.3 Å². The Hall–Kier alpha value is -2.35. The van der Waals surface area contributed by atoms with E-state index in [1.54, 1.807) is 5.38 Å². The minimum Gasteiger partial charge on any atom is -0.477 e. The number of nitrogens with one attached hydrogen (secondary N) is 2. The van der Waals surface area contributed by atoms with E-state index in [1.807, 2.05) is 0 Å². The van der Waals surface area contributed by atoms with Crippen molar-refractivity contribution in [3.8, 4) is 0 Å². The number of thioether (sulfide) groups is 1. The molecule has 0 spiro atoms. The van der Waals surface area contributed by atoms with Gasteiger partial charge in [-0.2, -0.15) is 0 Å². The molecule has 3 atom stereocenters. The lowest BCUT2D eigenvalue weighted by atomic mass is 10.0. The number of aliphatic carboxylic acids is 1. The summed E-state index contributed by atoms with van der Waals surface area (Å²) in [6.45, 7) is 0. The van der Waals surface area contributed by atoms with Crippen LogP contribution in [0.2, 0.25) is 0 Å². The summed E-state index contributed by atoms with van der Waals surface area (Å²) in [5, 5.41) is 18.9. The van der Waals surface area contributed by atoms with Crippen LogP contribution in [-0.4, -0.2) is 73.8 Å². The summed E-state index contributed by atoms with van der Waals surface area (Å²) in [5.74, 6) is -3.04. The minimum absolute atomic E-state index is 0.00737. The van der Waals surface area contributed by atoms with Gasteiger partial charge in [0.1, 0.15) is 34.9 Å². The van der Waals surface area contributed by atoms with Crippen molar-refractivity contribution in [3.05, 3.63) is 27.9 Å². The molecule has 0 bridgehead atoms. The molecule has 3 N–H and O–H groups in total. The zero-order chi connectivity index (χ0) is 22.5. The van der Waals surface area contributed by atoms with Gasteiger partial charge in [0, 0.05) is 17.0 Å². The number of β-lactam (4-membered cyclic amide) rings is 1. The van der Waals surface area contributed by atoms with Gasteiger partial charge in [-0.1, -0.05) is 5.16 Å². The topological polar surface area (TPSA) is 150 Å². The van der Waals surface area contributed by atoms with Crippen molar-refractivity contribution < 1.29 is 29.1 Å². The van der Waals surface area contributed by atoms with E-state index in [0.29, 0.717) is 17.0 Å². The first-order chi connectivity index (χ1) is 14.9. The molecule has 166 valence electrons. The molecule has 31 heavy (non-hydrogen) atoms. The number of fused-ring (bicyclic) bond motifs is 1. The van der Waals surface area contributed by atoms with Crippen molar-refractivity contribution in [1.82, 2.24) is 20.5 Å². The van der Waals surface area contributed by atoms with Crippen LogP contribution in [0.5, 0.6) is 0 Å². The van der Waals surface area contributed by atoms with Crippen molar-refractivity contribution in [1.29, 1.82) is 0 Å². The summed E-state index contributed by atoms with van der Waals surface area (Å²) in [6, 6.07) is -0.916. The number of alkyl halides is 2. The van der Waals surface area contributed by atoms with Gasteiger partial charge >= 0.3 is 5.97 Å². The van der Waals surface area contributed by atoms with Gasteiger partial charge in [0.2, 0.25) is 12.1 Å². The second-order valence-corrected chi connectivity index (χ2v) is 8.48. The maximum Gasteiger partial charge on any atom is 0.352 e. The van der Waals surface area contributed by atoms with E-state index >= 15 is 0 Å². The monoisotopic (exact) mass is 507 g/mol. The first-order valence-electron chi connectivity index (χ1n) is 8.56. The van der Waals surface area contributed by atoms with Crippen molar-refractivity contribution in [2.24, 2.45) is 5.16 Å². The summed E-state index contributed by atoms with van der Waals surface area (Å²) < 4.78 is 0. The molecule has 1 saturated heterocycles. The van der Waals surface area contributed by atoms with E-state index in [2.05, 4.69) is 20.8 Å². The lowest BCUT2D eigenvalue weighted by molar-refractivity contribution is -0.150. The Bertz CT molecular complexity index is 941. The highest BCUT2D eigenvalue weighted by Gasteiger charge is 2.54. The van der Waals surface area contributed by atoms with Crippen molar-refractivity contribution in [3.63, 3.8) is 0 Å². The third-order valence-electron chi connectivity index (χ3n) is 4.18. The number of carboxylic acids is 1. The Morgan fingerprint density at radius 2 is 2.23 bits per heavy atom. The van der Waals surface area contributed by atoms with Gasteiger partial charge in [-0.25, -0.2) is 9.78 Å². The molecule has 15 heteroatoms. The van der Waals surface area contributed by atoms with Crippen molar-refractivity contribution in [2.45, 2.75) is 17.6 Å². The van der Waals surface area contributed by atoms with Gasteiger partial charge in [-0.05, 0) is 5.57 Å². The van der Waals surface area contributed by atoms with E-state index in [9.17, 15) is 24.3 Å². The Kier molecular flexibility index (Phi) is 7.75. The molecule has 2 aliphatic rings. The Balaban J connectivity index is 1.59. The second kappa shape index (κ2) is 10.3. The lowest BCUT2D eigenvalue weighted by Crippen LogP contribution is -2.70. The van der Waals surface area contributed by atoms with Crippen LogP contribution in [0.4, 0.5) is 0 Å². The summed E-state index contributed by atoms with van der Waals surface area (Å²) in [5.41, 5.74) is 2.19. The van der Waals surface area contributed by atoms with Crippen LogP contribution in [0.1, 0.15) is 11.9 Å². The highest BCUT2D eigenvalue weighted by atomic mass is 35.5. The number of carbonyl (C=O) groups excluding carboxylic acids is 3. The number of carbonyl (C=O) groups is 4. The molecule has 1 fully saturated rings. The molecule has 3 rings (SSSR count). The Morgan fingerprint density at radius 3 is 2.84 bits per heavy atom. The summed E-state index contributed by atoms with van der Waals surface area (Å²) in [4.78, 5) is 57.9. The maximum absolute atomic E-state index is 12.4. The second-order valence-electron chi connectivity index (χ2n) is 6.12. The summed E-state index contributed by atoms with van der Waals surface area (Å²) in [6.07, 6.45) is -0.248. The van der Waals surface area contributed by atoms with E-state index in [4.69, 9.17) is 28.0 Å². The van der Waals surface area contributed by atoms with E-state index < -0.39 is 41.3 Å². The number of hydrogen-bond acceptors (Lipinski definition) is 9. The number of amides is 3. The highest BCUT2D eigenvalue weighted by molar-refractivity contribution is 8.00. The van der Waals surface area contributed by atoms with Crippen LogP contribution < -0.4 is 10.6 Å². The number of thiazole rings is 1. The molecule has 2 aliphatic heterocycles. The number of nitrogens with zero attached hydrogens (tertiary/aromatic N) is 3. The van der Waals surface area contributed by atoms with Gasteiger partial charge in [0.05, 0.1) is 5.51 Å². The van der Waals surface area contributed by atoms with Gasteiger partial charge in [0.15, 0.2) is 0 Å². The largest absolute Gasteiger partial charge is 0.477 e. The molecular weight excluding hydrogens is 493 g/mol. The van der Waals surface area contributed by atoms with Gasteiger partial charge < -0.3 is 20.6 Å². The smallest absolute Gasteiger partial charge is 0.352 e. The molecule has 1 unspecified atom stereocenters. The molecule has 1 aromatic heterocycles. The quantitative estimate of drug-likeness (QED) is 0.143. The number of aromatic nitrogens is 1. The minimum atomic E-state index is -1.25.